The molecule has 0 radical (unpaired) electrons. The molecule has 1 rings (SSSR count). The third-order valence-electron chi connectivity index (χ3n) is 3.99. The van der Waals surface area contributed by atoms with Crippen molar-refractivity contribution in [1.82, 2.24) is 9.62 Å². The molecule has 3 N–H and O–H groups in total. The Morgan fingerprint density at radius 3 is 2.21 bits per heavy atom. The minimum atomic E-state index is -3.50. The van der Waals surface area contributed by atoms with Crippen molar-refractivity contribution in [3.8, 4) is 0 Å². The maximum Gasteiger partial charge on any atom is 0.251 e. The van der Waals surface area contributed by atoms with Crippen molar-refractivity contribution in [3.05, 3.63) is 29.8 Å². The zero-order valence-corrected chi connectivity index (χ0v) is 15.6. The lowest BCUT2D eigenvalue weighted by molar-refractivity contribution is 0.0935. The molecule has 0 aliphatic carbocycles. The number of nitrogens with zero attached hydrogens (tertiary/aromatic N) is 1. The van der Waals surface area contributed by atoms with Crippen LogP contribution in [0.2, 0.25) is 0 Å². The zero-order valence-electron chi connectivity index (χ0n) is 14.8. The Hall–Kier alpha value is -1.44. The second kappa shape index (κ2) is 9.76. The number of carbonyl (C=O) groups excluding carboxylic acids is 1. The average molecular weight is 356 g/mol. The summed E-state index contributed by atoms with van der Waals surface area (Å²) in [6, 6.07) is 5.98. The molecule has 1 amide bonds. The first-order chi connectivity index (χ1) is 11.4. The number of carbonyl (C=O) groups is 1. The van der Waals surface area contributed by atoms with Gasteiger partial charge in [-0.25, -0.2) is 8.42 Å². The normalized spacial score (nSPS) is 13.0. The number of sulfonamides is 1. The van der Waals surface area contributed by atoms with Crippen LogP contribution >= 0.6 is 0 Å². The molecule has 7 heteroatoms. The van der Waals surface area contributed by atoms with Crippen LogP contribution in [0.1, 0.15) is 50.4 Å². The van der Waals surface area contributed by atoms with E-state index in [0.29, 0.717) is 25.2 Å². The van der Waals surface area contributed by atoms with Crippen molar-refractivity contribution in [2.75, 3.05) is 19.6 Å². The average Bonchev–Trinajstić information content (AvgIpc) is 2.59. The first kappa shape index (κ1) is 20.6. The first-order valence-corrected chi connectivity index (χ1v) is 9.95. The lowest BCUT2D eigenvalue weighted by Crippen LogP contribution is -2.40. The molecule has 1 aromatic carbocycles. The fourth-order valence-corrected chi connectivity index (χ4v) is 3.92. The van der Waals surface area contributed by atoms with E-state index in [1.54, 1.807) is 26.0 Å². The Bertz CT molecular complexity index is 610. The van der Waals surface area contributed by atoms with E-state index in [4.69, 9.17) is 5.73 Å². The highest BCUT2D eigenvalue weighted by atomic mass is 32.2. The van der Waals surface area contributed by atoms with Gasteiger partial charge in [0.15, 0.2) is 0 Å². The van der Waals surface area contributed by atoms with Gasteiger partial charge in [-0.3, -0.25) is 4.79 Å². The molecule has 0 aromatic heterocycles. The number of nitrogens with two attached hydrogens (primary N) is 1. The summed E-state index contributed by atoms with van der Waals surface area (Å²) in [6.45, 7) is 6.90. The number of amides is 1. The van der Waals surface area contributed by atoms with Crippen LogP contribution in [0.25, 0.3) is 0 Å². The van der Waals surface area contributed by atoms with Gasteiger partial charge in [-0.1, -0.05) is 33.6 Å². The molecule has 1 unspecified atom stereocenters. The van der Waals surface area contributed by atoms with Crippen LogP contribution in [0.15, 0.2) is 29.2 Å². The molecule has 6 nitrogen and oxygen atoms in total. The second-order valence-corrected chi connectivity index (χ2v) is 7.60. The van der Waals surface area contributed by atoms with E-state index in [1.807, 2.05) is 0 Å². The third kappa shape index (κ3) is 5.29. The molecule has 24 heavy (non-hydrogen) atoms. The van der Waals surface area contributed by atoms with Gasteiger partial charge in [-0.05, 0) is 30.7 Å². The summed E-state index contributed by atoms with van der Waals surface area (Å²) >= 11 is 0. The summed E-state index contributed by atoms with van der Waals surface area (Å²) < 4.78 is 26.2. The van der Waals surface area contributed by atoms with E-state index in [1.165, 1.54) is 16.4 Å². The highest BCUT2D eigenvalue weighted by Crippen LogP contribution is 2.16. The van der Waals surface area contributed by atoms with E-state index < -0.39 is 10.0 Å². The lowest BCUT2D eigenvalue weighted by Gasteiger charge is -2.19. The van der Waals surface area contributed by atoms with Crippen LogP contribution in [-0.4, -0.2) is 44.3 Å². The summed E-state index contributed by atoms with van der Waals surface area (Å²) in [5.41, 5.74) is 6.12. The number of rotatable bonds is 10. The molecular weight excluding hydrogens is 326 g/mol. The Balaban J connectivity index is 2.85. The quantitative estimate of drug-likeness (QED) is 0.671. The van der Waals surface area contributed by atoms with Crippen molar-refractivity contribution in [1.29, 1.82) is 0 Å². The molecule has 0 aliphatic heterocycles. The largest absolute Gasteiger partial charge is 0.348 e. The zero-order chi connectivity index (χ0) is 18.2. The Kier molecular flexibility index (Phi) is 8.38. The fraction of sp³-hybridized carbons (Fsp3) is 0.588. The Labute approximate surface area is 145 Å². The minimum Gasteiger partial charge on any atom is -0.348 e. The van der Waals surface area contributed by atoms with Gasteiger partial charge in [0.1, 0.15) is 0 Å². The second-order valence-electron chi connectivity index (χ2n) is 5.66. The smallest absolute Gasteiger partial charge is 0.251 e. The van der Waals surface area contributed by atoms with Crippen molar-refractivity contribution < 1.29 is 13.2 Å². The van der Waals surface area contributed by atoms with Gasteiger partial charge >= 0.3 is 0 Å². The maximum atomic E-state index is 12.4. The van der Waals surface area contributed by atoms with E-state index in [2.05, 4.69) is 12.2 Å². The predicted molar refractivity (Wildman–Crippen MR) is 96.4 cm³/mol. The Morgan fingerprint density at radius 1 is 1.17 bits per heavy atom. The summed E-state index contributed by atoms with van der Waals surface area (Å²) in [7, 11) is -3.50. The number of unbranched alkanes of at least 4 members (excludes halogenated alkanes) is 1. The topological polar surface area (TPSA) is 92.5 Å². The van der Waals surface area contributed by atoms with Crippen LogP contribution in [0.4, 0.5) is 0 Å². The summed E-state index contributed by atoms with van der Waals surface area (Å²) in [4.78, 5) is 12.5. The number of hydrogen-bond acceptors (Lipinski definition) is 4. The summed E-state index contributed by atoms with van der Waals surface area (Å²) in [5, 5.41) is 2.90. The lowest BCUT2D eigenvalue weighted by atomic mass is 10.1. The summed E-state index contributed by atoms with van der Waals surface area (Å²) in [5.74, 6) is -0.228. The summed E-state index contributed by atoms with van der Waals surface area (Å²) in [6.07, 6.45) is 2.89. The molecule has 1 aromatic rings. The van der Waals surface area contributed by atoms with Crippen LogP contribution in [0, 0.1) is 0 Å². The molecule has 0 fully saturated rings. The number of benzene rings is 1. The van der Waals surface area contributed by atoms with E-state index >= 15 is 0 Å². The molecule has 0 saturated carbocycles. The molecule has 0 aliphatic rings. The van der Waals surface area contributed by atoms with E-state index in [9.17, 15) is 13.2 Å². The van der Waals surface area contributed by atoms with Gasteiger partial charge in [-0.15, -0.1) is 0 Å². The van der Waals surface area contributed by atoms with Gasteiger partial charge in [0.2, 0.25) is 10.0 Å². The van der Waals surface area contributed by atoms with Gasteiger partial charge in [0.05, 0.1) is 4.90 Å². The van der Waals surface area contributed by atoms with Gasteiger partial charge in [0.25, 0.3) is 5.91 Å². The van der Waals surface area contributed by atoms with Gasteiger partial charge in [0, 0.05) is 31.2 Å². The van der Waals surface area contributed by atoms with E-state index in [-0.39, 0.29) is 16.8 Å². The van der Waals surface area contributed by atoms with Crippen LogP contribution in [-0.2, 0) is 10.0 Å². The van der Waals surface area contributed by atoms with Crippen molar-refractivity contribution in [2.45, 2.75) is 51.0 Å². The maximum absolute atomic E-state index is 12.4. The Morgan fingerprint density at radius 2 is 1.75 bits per heavy atom. The molecule has 1 atom stereocenters. The predicted octanol–water partition coefficient (Wildman–Crippen LogP) is 1.96. The highest BCUT2D eigenvalue weighted by molar-refractivity contribution is 7.89. The standard InChI is InChI=1S/C17H29N3O3S/c1-4-7-8-15(13-18)19-17(21)14-9-11-16(12-10-14)24(22,23)20(5-2)6-3/h9-12,15H,4-8,13,18H2,1-3H3,(H,19,21). The highest BCUT2D eigenvalue weighted by Gasteiger charge is 2.22. The number of nitrogens with one attached hydrogen (secondary N) is 1. The van der Waals surface area contributed by atoms with Crippen LogP contribution in [0.5, 0.6) is 0 Å². The van der Waals surface area contributed by atoms with Crippen molar-refractivity contribution in [3.63, 3.8) is 0 Å². The van der Waals surface area contributed by atoms with Gasteiger partial charge < -0.3 is 11.1 Å². The number of hydrogen-bond donors (Lipinski definition) is 2. The molecule has 0 bridgehead atoms. The molecule has 0 heterocycles. The molecule has 0 spiro atoms. The third-order valence-corrected chi connectivity index (χ3v) is 6.05. The first-order valence-electron chi connectivity index (χ1n) is 8.51. The van der Waals surface area contributed by atoms with Crippen molar-refractivity contribution in [2.24, 2.45) is 5.73 Å². The fourth-order valence-electron chi connectivity index (χ4n) is 2.46. The monoisotopic (exact) mass is 355 g/mol. The SMILES string of the molecule is CCCCC(CN)NC(=O)c1ccc(S(=O)(=O)N(CC)CC)cc1. The molecular formula is C17H29N3O3S. The molecule has 0 saturated heterocycles. The van der Waals surface area contributed by atoms with Gasteiger partial charge in [-0.2, -0.15) is 4.31 Å². The van der Waals surface area contributed by atoms with E-state index in [0.717, 1.165) is 19.3 Å². The van der Waals surface area contributed by atoms with Crippen molar-refractivity contribution >= 4 is 15.9 Å². The molecule has 136 valence electrons. The van der Waals surface area contributed by atoms with Crippen LogP contribution < -0.4 is 11.1 Å². The van der Waals surface area contributed by atoms with Crippen LogP contribution in [0.3, 0.4) is 0 Å². The minimum absolute atomic E-state index is 0.0588.